The van der Waals surface area contributed by atoms with E-state index in [4.69, 9.17) is 4.74 Å². The molecular formula is C11H19NO3. The molecule has 0 aromatic carbocycles. The van der Waals surface area contributed by atoms with Crippen molar-refractivity contribution in [3.63, 3.8) is 0 Å². The normalized spacial score (nSPS) is 10.9. The fourth-order valence-corrected chi connectivity index (χ4v) is 0.968. The Balaban J connectivity index is 3.89. The van der Waals surface area contributed by atoms with Gasteiger partial charge in [-0.3, -0.25) is 0 Å². The number of carbonyl (C=O) groups is 1. The zero-order valence-electron chi connectivity index (χ0n) is 9.71. The van der Waals surface area contributed by atoms with E-state index in [0.29, 0.717) is 23.4 Å². The van der Waals surface area contributed by atoms with Gasteiger partial charge in [-0.1, -0.05) is 13.2 Å². The van der Waals surface area contributed by atoms with E-state index in [1.165, 1.54) is 0 Å². The minimum Gasteiger partial charge on any atom is -0.544 e. The van der Waals surface area contributed by atoms with E-state index in [1.54, 1.807) is 0 Å². The maximum Gasteiger partial charge on any atom is 0.137 e. The Morgan fingerprint density at radius 1 is 1.40 bits per heavy atom. The lowest BCUT2D eigenvalue weighted by Crippen LogP contribution is -2.49. The van der Waals surface area contributed by atoms with Crippen molar-refractivity contribution in [2.45, 2.75) is 6.92 Å². The van der Waals surface area contributed by atoms with Crippen LogP contribution in [0.5, 0.6) is 0 Å². The van der Waals surface area contributed by atoms with Gasteiger partial charge < -0.3 is 19.1 Å². The summed E-state index contributed by atoms with van der Waals surface area (Å²) in [5.74, 6) is -0.512. The summed E-state index contributed by atoms with van der Waals surface area (Å²) in [7, 11) is 3.62. The van der Waals surface area contributed by atoms with Gasteiger partial charge in [0.25, 0.3) is 0 Å². The number of allylic oxidation sites excluding steroid dienone is 1. The Morgan fingerprint density at radius 3 is 2.33 bits per heavy atom. The third kappa shape index (κ3) is 6.74. The van der Waals surface area contributed by atoms with E-state index in [-0.39, 0.29) is 6.54 Å². The molecule has 0 heterocycles. The van der Waals surface area contributed by atoms with Crippen LogP contribution in [0.25, 0.3) is 0 Å². The Morgan fingerprint density at radius 2 is 1.93 bits per heavy atom. The Bertz CT molecular complexity index is 269. The van der Waals surface area contributed by atoms with Crippen LogP contribution in [0.3, 0.4) is 0 Å². The van der Waals surface area contributed by atoms with Crippen LogP contribution >= 0.6 is 0 Å². The Hall–Kier alpha value is -1.29. The van der Waals surface area contributed by atoms with Gasteiger partial charge in [-0.25, -0.2) is 0 Å². The lowest BCUT2D eigenvalue weighted by molar-refractivity contribution is -0.885. The largest absolute Gasteiger partial charge is 0.544 e. The fourth-order valence-electron chi connectivity index (χ4n) is 0.968. The standard InChI is InChI=1S/C11H19NO3/c1-9(2)10(3)15-7-6-12(4,5)8-11(13)14/h1,3,6-8H2,2,4-5H3. The summed E-state index contributed by atoms with van der Waals surface area (Å²) in [4.78, 5) is 10.4. The third-order valence-electron chi connectivity index (χ3n) is 2.01. The number of carboxylic acid groups (broad SMARTS) is 1. The van der Waals surface area contributed by atoms with Crippen molar-refractivity contribution in [2.24, 2.45) is 0 Å². The van der Waals surface area contributed by atoms with Crippen molar-refractivity contribution in [3.8, 4) is 0 Å². The molecule has 4 nitrogen and oxygen atoms in total. The molecule has 0 aromatic heterocycles. The molecule has 15 heavy (non-hydrogen) atoms. The van der Waals surface area contributed by atoms with Gasteiger partial charge >= 0.3 is 0 Å². The van der Waals surface area contributed by atoms with Crippen LogP contribution in [0.1, 0.15) is 6.92 Å². The summed E-state index contributed by atoms with van der Waals surface area (Å²) in [6, 6.07) is 0. The number of carbonyl (C=O) groups excluding carboxylic acids is 1. The minimum absolute atomic E-state index is 0.0249. The molecule has 86 valence electrons. The summed E-state index contributed by atoms with van der Waals surface area (Å²) in [5, 5.41) is 10.4. The number of quaternary nitrogens is 1. The SMILES string of the molecule is C=C(C)C(=C)OCC[N+](C)(C)CC(=O)[O-]. The van der Waals surface area contributed by atoms with Gasteiger partial charge in [0.2, 0.25) is 0 Å². The van der Waals surface area contributed by atoms with Crippen LogP contribution in [0.4, 0.5) is 0 Å². The topological polar surface area (TPSA) is 49.4 Å². The zero-order chi connectivity index (χ0) is 12.1. The second-order valence-electron chi connectivity index (χ2n) is 4.24. The van der Waals surface area contributed by atoms with Gasteiger partial charge in [0, 0.05) is 0 Å². The van der Waals surface area contributed by atoms with E-state index in [0.717, 1.165) is 5.57 Å². The summed E-state index contributed by atoms with van der Waals surface area (Å²) < 4.78 is 5.62. The van der Waals surface area contributed by atoms with Gasteiger partial charge in [0.1, 0.15) is 25.5 Å². The Kier molecular flexibility index (Phi) is 5.08. The average molecular weight is 213 g/mol. The molecule has 0 aliphatic carbocycles. The number of carboxylic acids is 1. The molecule has 0 rings (SSSR count). The molecule has 0 unspecified atom stereocenters. The molecule has 0 atom stereocenters. The lowest BCUT2D eigenvalue weighted by Gasteiger charge is -2.30. The highest BCUT2D eigenvalue weighted by atomic mass is 16.5. The predicted molar refractivity (Wildman–Crippen MR) is 56.8 cm³/mol. The molecule has 0 fully saturated rings. The number of likely N-dealkylation sites (N-methyl/N-ethyl adjacent to an activating group) is 1. The molecule has 0 aromatic rings. The highest BCUT2D eigenvalue weighted by Crippen LogP contribution is 2.05. The smallest absolute Gasteiger partial charge is 0.137 e. The highest BCUT2D eigenvalue weighted by Gasteiger charge is 2.15. The van der Waals surface area contributed by atoms with E-state index < -0.39 is 5.97 Å². The van der Waals surface area contributed by atoms with E-state index in [2.05, 4.69) is 13.2 Å². The molecule has 0 saturated carbocycles. The number of aliphatic carboxylic acids is 1. The third-order valence-corrected chi connectivity index (χ3v) is 2.01. The first-order chi connectivity index (χ1) is 6.74. The molecule has 0 radical (unpaired) electrons. The van der Waals surface area contributed by atoms with Gasteiger partial charge in [-0.15, -0.1) is 0 Å². The number of hydrogen-bond donors (Lipinski definition) is 0. The minimum atomic E-state index is -1.06. The average Bonchev–Trinajstić information content (AvgIpc) is 2.00. The first kappa shape index (κ1) is 13.7. The lowest BCUT2D eigenvalue weighted by atomic mass is 10.3. The van der Waals surface area contributed by atoms with Crippen molar-refractivity contribution in [1.29, 1.82) is 0 Å². The van der Waals surface area contributed by atoms with E-state index in [9.17, 15) is 9.90 Å². The molecule has 0 bridgehead atoms. The number of hydrogen-bond acceptors (Lipinski definition) is 3. The van der Waals surface area contributed by atoms with Gasteiger partial charge in [0.15, 0.2) is 0 Å². The van der Waals surface area contributed by atoms with Crippen molar-refractivity contribution in [1.82, 2.24) is 0 Å². The predicted octanol–water partition coefficient (Wildman–Crippen LogP) is -0.0809. The van der Waals surface area contributed by atoms with Crippen LogP contribution in [0.2, 0.25) is 0 Å². The van der Waals surface area contributed by atoms with E-state index in [1.807, 2.05) is 21.0 Å². The summed E-state index contributed by atoms with van der Waals surface area (Å²) in [6.07, 6.45) is 0. The molecule has 0 amide bonds. The van der Waals surface area contributed by atoms with Gasteiger partial charge in [-0.05, 0) is 12.5 Å². The van der Waals surface area contributed by atoms with Crippen molar-refractivity contribution >= 4 is 5.97 Å². The first-order valence-electron chi connectivity index (χ1n) is 4.74. The monoisotopic (exact) mass is 213 g/mol. The quantitative estimate of drug-likeness (QED) is 0.337. The van der Waals surface area contributed by atoms with Crippen molar-refractivity contribution in [3.05, 3.63) is 24.5 Å². The first-order valence-corrected chi connectivity index (χ1v) is 4.74. The second kappa shape index (κ2) is 5.56. The molecule has 0 aliphatic rings. The summed E-state index contributed by atoms with van der Waals surface area (Å²) in [6.45, 7) is 10.2. The number of ether oxygens (including phenoxy) is 1. The number of rotatable bonds is 7. The van der Waals surface area contributed by atoms with Crippen molar-refractivity contribution in [2.75, 3.05) is 33.8 Å². The molecule has 4 heteroatoms. The second-order valence-corrected chi connectivity index (χ2v) is 4.24. The van der Waals surface area contributed by atoms with Crippen molar-refractivity contribution < 1.29 is 19.1 Å². The van der Waals surface area contributed by atoms with Gasteiger partial charge in [-0.2, -0.15) is 0 Å². The molecule has 0 saturated heterocycles. The summed E-state index contributed by atoms with van der Waals surface area (Å²) in [5.41, 5.74) is 0.778. The van der Waals surface area contributed by atoms with Crippen LogP contribution in [-0.4, -0.2) is 44.2 Å². The maximum atomic E-state index is 10.4. The zero-order valence-corrected chi connectivity index (χ0v) is 9.71. The molecule has 0 spiro atoms. The van der Waals surface area contributed by atoms with Crippen LogP contribution in [-0.2, 0) is 9.53 Å². The summed E-state index contributed by atoms with van der Waals surface area (Å²) >= 11 is 0. The van der Waals surface area contributed by atoms with E-state index >= 15 is 0 Å². The Labute approximate surface area is 91.0 Å². The highest BCUT2D eigenvalue weighted by molar-refractivity contribution is 5.65. The molecule has 0 aliphatic heterocycles. The maximum absolute atomic E-state index is 10.4. The van der Waals surface area contributed by atoms with Crippen LogP contribution in [0.15, 0.2) is 24.5 Å². The molecular weight excluding hydrogens is 194 g/mol. The fraction of sp³-hybridized carbons (Fsp3) is 0.545. The molecule has 0 N–H and O–H groups in total. The van der Waals surface area contributed by atoms with Crippen LogP contribution < -0.4 is 5.11 Å². The van der Waals surface area contributed by atoms with Gasteiger partial charge in [0.05, 0.1) is 20.1 Å². The van der Waals surface area contributed by atoms with Crippen LogP contribution in [0, 0.1) is 0 Å². The number of nitrogens with zero attached hydrogens (tertiary/aromatic N) is 1.